The average Bonchev–Trinajstić information content (AvgIpc) is 3.25. The highest BCUT2D eigenvalue weighted by Gasteiger charge is 2.31. The van der Waals surface area contributed by atoms with Crippen molar-refractivity contribution in [3.8, 4) is 5.75 Å². The number of carbonyl (C=O) groups excluding carboxylic acids is 1. The van der Waals surface area contributed by atoms with Crippen LogP contribution in [0.5, 0.6) is 5.75 Å². The van der Waals surface area contributed by atoms with E-state index in [2.05, 4.69) is 5.32 Å². The second kappa shape index (κ2) is 9.04. The molecule has 1 atom stereocenters. The zero-order valence-corrected chi connectivity index (χ0v) is 17.6. The van der Waals surface area contributed by atoms with E-state index >= 15 is 0 Å². The van der Waals surface area contributed by atoms with E-state index in [1.165, 1.54) is 4.31 Å². The Labute approximate surface area is 170 Å². The van der Waals surface area contributed by atoms with Crippen LogP contribution in [0.25, 0.3) is 0 Å². The SMILES string of the molecule is COc1ccc(S(=O)(=O)N2CCN([C@H](C)C(=O)NCc3cccs3)CC2)cc1. The summed E-state index contributed by atoms with van der Waals surface area (Å²) in [7, 11) is -2.00. The van der Waals surface area contributed by atoms with Gasteiger partial charge in [-0.15, -0.1) is 11.3 Å². The van der Waals surface area contributed by atoms with E-state index in [-0.39, 0.29) is 16.8 Å². The molecule has 2 aromatic rings. The number of carbonyl (C=O) groups is 1. The molecular formula is C19H25N3O4S2. The fraction of sp³-hybridized carbons (Fsp3) is 0.421. The van der Waals surface area contributed by atoms with Crippen molar-refractivity contribution in [2.75, 3.05) is 33.3 Å². The molecule has 2 heterocycles. The van der Waals surface area contributed by atoms with E-state index in [4.69, 9.17) is 4.74 Å². The molecule has 1 amide bonds. The zero-order valence-electron chi connectivity index (χ0n) is 16.0. The summed E-state index contributed by atoms with van der Waals surface area (Å²) in [5.41, 5.74) is 0. The quantitative estimate of drug-likeness (QED) is 0.734. The first-order valence-corrected chi connectivity index (χ1v) is 11.4. The molecule has 1 saturated heterocycles. The van der Waals surface area contributed by atoms with Crippen LogP contribution in [0.1, 0.15) is 11.8 Å². The number of amides is 1. The van der Waals surface area contributed by atoms with Crippen molar-refractivity contribution >= 4 is 27.3 Å². The van der Waals surface area contributed by atoms with E-state index in [0.717, 1.165) is 4.88 Å². The zero-order chi connectivity index (χ0) is 20.1. The summed E-state index contributed by atoms with van der Waals surface area (Å²) in [4.78, 5) is 15.8. The molecule has 0 radical (unpaired) electrons. The summed E-state index contributed by atoms with van der Waals surface area (Å²) in [6, 6.07) is 10.0. The molecule has 1 aromatic heterocycles. The lowest BCUT2D eigenvalue weighted by atomic mass is 10.2. The minimum atomic E-state index is -3.54. The Kier molecular flexibility index (Phi) is 6.71. The van der Waals surface area contributed by atoms with Gasteiger partial charge in [0.25, 0.3) is 0 Å². The van der Waals surface area contributed by atoms with Crippen LogP contribution in [-0.2, 0) is 21.4 Å². The van der Waals surface area contributed by atoms with Crippen molar-refractivity contribution in [3.63, 3.8) is 0 Å². The lowest BCUT2D eigenvalue weighted by molar-refractivity contribution is -0.126. The van der Waals surface area contributed by atoms with Gasteiger partial charge in [0.1, 0.15) is 5.75 Å². The highest BCUT2D eigenvalue weighted by molar-refractivity contribution is 7.89. The van der Waals surface area contributed by atoms with Crippen molar-refractivity contribution in [2.45, 2.75) is 24.4 Å². The van der Waals surface area contributed by atoms with Gasteiger partial charge in [-0.05, 0) is 42.6 Å². The number of hydrogen-bond acceptors (Lipinski definition) is 6. The van der Waals surface area contributed by atoms with Crippen molar-refractivity contribution in [1.29, 1.82) is 0 Å². The number of nitrogens with one attached hydrogen (secondary N) is 1. The Morgan fingerprint density at radius 3 is 2.43 bits per heavy atom. The van der Waals surface area contributed by atoms with Crippen LogP contribution in [-0.4, -0.2) is 62.9 Å². The van der Waals surface area contributed by atoms with Crippen molar-refractivity contribution in [2.24, 2.45) is 0 Å². The number of rotatable bonds is 7. The van der Waals surface area contributed by atoms with Gasteiger partial charge in [-0.3, -0.25) is 9.69 Å². The first-order valence-electron chi connectivity index (χ1n) is 9.10. The van der Waals surface area contributed by atoms with Gasteiger partial charge < -0.3 is 10.1 Å². The second-order valence-electron chi connectivity index (χ2n) is 6.59. The number of sulfonamides is 1. The molecular weight excluding hydrogens is 398 g/mol. The van der Waals surface area contributed by atoms with Crippen LogP contribution in [0.3, 0.4) is 0 Å². The summed E-state index contributed by atoms with van der Waals surface area (Å²) in [5.74, 6) is 0.575. The molecule has 1 N–H and O–H groups in total. The predicted molar refractivity (Wildman–Crippen MR) is 109 cm³/mol. The van der Waals surface area contributed by atoms with E-state index < -0.39 is 10.0 Å². The Hall–Kier alpha value is -1.94. The normalized spacial score (nSPS) is 17.2. The number of nitrogens with zero attached hydrogens (tertiary/aromatic N) is 2. The van der Waals surface area contributed by atoms with Gasteiger partial charge in [-0.2, -0.15) is 4.31 Å². The molecule has 7 nitrogen and oxygen atoms in total. The summed E-state index contributed by atoms with van der Waals surface area (Å²) in [5, 5.41) is 4.93. The van der Waals surface area contributed by atoms with Gasteiger partial charge in [0.05, 0.1) is 24.6 Å². The fourth-order valence-electron chi connectivity index (χ4n) is 3.13. The summed E-state index contributed by atoms with van der Waals surface area (Å²) >= 11 is 1.61. The fourth-order valence-corrected chi connectivity index (χ4v) is 5.20. The highest BCUT2D eigenvalue weighted by atomic mass is 32.2. The molecule has 1 aliphatic rings. The van der Waals surface area contributed by atoms with Gasteiger partial charge in [0, 0.05) is 31.1 Å². The maximum Gasteiger partial charge on any atom is 0.243 e. The Morgan fingerprint density at radius 2 is 1.86 bits per heavy atom. The Morgan fingerprint density at radius 1 is 1.18 bits per heavy atom. The lowest BCUT2D eigenvalue weighted by Crippen LogP contribution is -2.54. The highest BCUT2D eigenvalue weighted by Crippen LogP contribution is 2.21. The predicted octanol–water partition coefficient (Wildman–Crippen LogP) is 1.77. The van der Waals surface area contributed by atoms with Crippen LogP contribution in [0.2, 0.25) is 0 Å². The molecule has 152 valence electrons. The van der Waals surface area contributed by atoms with Gasteiger partial charge in [-0.25, -0.2) is 8.42 Å². The van der Waals surface area contributed by atoms with Crippen molar-refractivity contribution in [3.05, 3.63) is 46.7 Å². The molecule has 9 heteroatoms. The van der Waals surface area contributed by atoms with E-state index in [9.17, 15) is 13.2 Å². The summed E-state index contributed by atoms with van der Waals surface area (Å²) in [6.45, 7) is 4.13. The number of benzene rings is 1. The molecule has 28 heavy (non-hydrogen) atoms. The Bertz CT molecular complexity index is 874. The van der Waals surface area contributed by atoms with Crippen LogP contribution < -0.4 is 10.1 Å². The van der Waals surface area contributed by atoms with Crippen molar-refractivity contribution in [1.82, 2.24) is 14.5 Å². The number of methoxy groups -OCH3 is 1. The second-order valence-corrected chi connectivity index (χ2v) is 9.56. The van der Waals surface area contributed by atoms with Crippen molar-refractivity contribution < 1.29 is 17.9 Å². The minimum absolute atomic E-state index is 0.0418. The number of thiophene rings is 1. The first-order chi connectivity index (χ1) is 13.4. The summed E-state index contributed by atoms with van der Waals surface area (Å²) < 4.78 is 32.2. The molecule has 0 aliphatic carbocycles. The van der Waals surface area contributed by atoms with E-state index in [1.807, 2.05) is 29.3 Å². The molecule has 0 unspecified atom stereocenters. The van der Waals surface area contributed by atoms with Gasteiger partial charge in [-0.1, -0.05) is 6.07 Å². The number of piperazine rings is 1. The number of ether oxygens (including phenoxy) is 1. The average molecular weight is 424 g/mol. The van der Waals surface area contributed by atoms with Crippen LogP contribution in [0.4, 0.5) is 0 Å². The summed E-state index contributed by atoms with van der Waals surface area (Å²) in [6.07, 6.45) is 0. The third-order valence-electron chi connectivity index (χ3n) is 4.91. The van der Waals surface area contributed by atoms with Gasteiger partial charge >= 0.3 is 0 Å². The first kappa shape index (κ1) is 20.8. The molecule has 0 spiro atoms. The molecule has 1 aromatic carbocycles. The van der Waals surface area contributed by atoms with Gasteiger partial charge in [0.2, 0.25) is 15.9 Å². The van der Waals surface area contributed by atoms with E-state index in [1.54, 1.807) is 42.7 Å². The minimum Gasteiger partial charge on any atom is -0.497 e. The third kappa shape index (κ3) is 4.72. The third-order valence-corrected chi connectivity index (χ3v) is 7.70. The molecule has 1 fully saturated rings. The van der Waals surface area contributed by atoms with Crippen LogP contribution in [0.15, 0.2) is 46.7 Å². The van der Waals surface area contributed by atoms with Gasteiger partial charge in [0.15, 0.2) is 0 Å². The topological polar surface area (TPSA) is 79.0 Å². The Balaban J connectivity index is 1.54. The lowest BCUT2D eigenvalue weighted by Gasteiger charge is -2.36. The molecule has 0 bridgehead atoms. The van der Waals surface area contributed by atoms with Crippen LogP contribution >= 0.6 is 11.3 Å². The molecule has 0 saturated carbocycles. The largest absolute Gasteiger partial charge is 0.497 e. The maximum absolute atomic E-state index is 12.8. The molecule has 3 rings (SSSR count). The standard InChI is InChI=1S/C19H25N3O4S2/c1-15(19(23)20-14-17-4-3-13-27-17)21-9-11-22(12-10-21)28(24,25)18-7-5-16(26-2)6-8-18/h3-8,13,15H,9-12,14H2,1-2H3,(H,20,23)/t15-/m1/s1. The van der Waals surface area contributed by atoms with E-state index in [0.29, 0.717) is 38.5 Å². The monoisotopic (exact) mass is 423 g/mol. The smallest absolute Gasteiger partial charge is 0.243 e. The maximum atomic E-state index is 12.8. The van der Waals surface area contributed by atoms with Crippen LogP contribution in [0, 0.1) is 0 Å². The number of hydrogen-bond donors (Lipinski definition) is 1. The molecule has 1 aliphatic heterocycles.